The third-order valence-electron chi connectivity index (χ3n) is 4.22. The smallest absolute Gasteiger partial charge is 0.249 e. The molecule has 0 atom stereocenters. The van der Waals surface area contributed by atoms with Crippen molar-refractivity contribution >= 4 is 23.1 Å². The van der Waals surface area contributed by atoms with Gasteiger partial charge in [-0.2, -0.15) is 10.1 Å². The van der Waals surface area contributed by atoms with E-state index in [-0.39, 0.29) is 5.41 Å². The molecule has 0 fully saturated rings. The summed E-state index contributed by atoms with van der Waals surface area (Å²) in [5, 5.41) is 14.7. The Labute approximate surface area is 154 Å². The first kappa shape index (κ1) is 17.9. The first-order valence-corrected chi connectivity index (χ1v) is 8.73. The minimum absolute atomic E-state index is 0.137. The van der Waals surface area contributed by atoms with Crippen LogP contribution < -0.4 is 10.6 Å². The number of nitrogens with zero attached hydrogens (tertiary/aromatic N) is 3. The summed E-state index contributed by atoms with van der Waals surface area (Å²) >= 11 is 0. The van der Waals surface area contributed by atoms with Gasteiger partial charge in [0, 0.05) is 11.4 Å². The van der Waals surface area contributed by atoms with Gasteiger partial charge < -0.3 is 10.6 Å². The van der Waals surface area contributed by atoms with Crippen molar-refractivity contribution in [2.75, 3.05) is 10.6 Å². The van der Waals surface area contributed by atoms with Gasteiger partial charge in [0.05, 0.1) is 6.20 Å². The van der Waals surface area contributed by atoms with Gasteiger partial charge in [0.25, 0.3) is 0 Å². The second-order valence-corrected chi connectivity index (χ2v) is 7.56. The van der Waals surface area contributed by atoms with E-state index in [0.29, 0.717) is 11.8 Å². The van der Waals surface area contributed by atoms with E-state index in [1.54, 1.807) is 6.20 Å². The molecule has 0 amide bonds. The summed E-state index contributed by atoms with van der Waals surface area (Å²) < 4.78 is 0. The SMILES string of the molecule is Cc1ccc(C)c(Nc2nncc(Nc3ccc(C(C)(C)C)cc3)n2)c1. The maximum Gasteiger partial charge on any atom is 0.249 e. The summed E-state index contributed by atoms with van der Waals surface area (Å²) in [4.78, 5) is 4.51. The number of hydrogen-bond donors (Lipinski definition) is 2. The first-order valence-electron chi connectivity index (χ1n) is 8.73. The van der Waals surface area contributed by atoms with E-state index in [2.05, 4.69) is 96.0 Å². The van der Waals surface area contributed by atoms with Crippen LogP contribution in [0.1, 0.15) is 37.5 Å². The van der Waals surface area contributed by atoms with Crippen LogP contribution in [0, 0.1) is 13.8 Å². The molecule has 0 saturated heterocycles. The number of nitrogens with one attached hydrogen (secondary N) is 2. The minimum Gasteiger partial charge on any atom is -0.339 e. The van der Waals surface area contributed by atoms with Gasteiger partial charge in [-0.05, 0) is 54.2 Å². The average molecular weight is 347 g/mol. The van der Waals surface area contributed by atoms with E-state index >= 15 is 0 Å². The van der Waals surface area contributed by atoms with Crippen molar-refractivity contribution in [3.63, 3.8) is 0 Å². The van der Waals surface area contributed by atoms with E-state index in [4.69, 9.17) is 0 Å². The predicted octanol–water partition coefficient (Wildman–Crippen LogP) is 5.27. The predicted molar refractivity (Wildman–Crippen MR) is 107 cm³/mol. The quantitative estimate of drug-likeness (QED) is 0.673. The Hall–Kier alpha value is -2.95. The fourth-order valence-electron chi connectivity index (χ4n) is 2.61. The number of aryl methyl sites for hydroxylation is 2. The van der Waals surface area contributed by atoms with E-state index in [1.165, 1.54) is 11.1 Å². The monoisotopic (exact) mass is 347 g/mol. The molecule has 26 heavy (non-hydrogen) atoms. The summed E-state index contributed by atoms with van der Waals surface area (Å²) in [6.45, 7) is 10.7. The van der Waals surface area contributed by atoms with Gasteiger partial charge in [-0.3, -0.25) is 0 Å². The summed E-state index contributed by atoms with van der Waals surface area (Å²) in [5.41, 5.74) is 5.70. The number of benzene rings is 2. The van der Waals surface area contributed by atoms with Crippen LogP contribution in [0.5, 0.6) is 0 Å². The third kappa shape index (κ3) is 4.36. The van der Waals surface area contributed by atoms with Crippen LogP contribution in [0.2, 0.25) is 0 Å². The Bertz CT molecular complexity index is 895. The van der Waals surface area contributed by atoms with Gasteiger partial charge in [0.2, 0.25) is 5.95 Å². The lowest BCUT2D eigenvalue weighted by molar-refractivity contribution is 0.590. The molecule has 5 nitrogen and oxygen atoms in total. The van der Waals surface area contributed by atoms with Gasteiger partial charge in [-0.25, -0.2) is 0 Å². The molecule has 1 aromatic heterocycles. The van der Waals surface area contributed by atoms with E-state index in [0.717, 1.165) is 16.9 Å². The minimum atomic E-state index is 0.137. The largest absolute Gasteiger partial charge is 0.339 e. The number of aromatic nitrogens is 3. The van der Waals surface area contributed by atoms with Gasteiger partial charge in [-0.1, -0.05) is 45.0 Å². The highest BCUT2D eigenvalue weighted by Gasteiger charge is 2.13. The summed E-state index contributed by atoms with van der Waals surface area (Å²) in [7, 11) is 0. The molecule has 0 spiro atoms. The van der Waals surface area contributed by atoms with Crippen LogP contribution in [-0.4, -0.2) is 15.2 Å². The molecule has 2 aromatic carbocycles. The Balaban J connectivity index is 1.76. The lowest BCUT2D eigenvalue weighted by Crippen LogP contribution is -2.10. The third-order valence-corrected chi connectivity index (χ3v) is 4.22. The maximum atomic E-state index is 4.51. The Morgan fingerprint density at radius 1 is 0.885 bits per heavy atom. The molecule has 0 aliphatic carbocycles. The van der Waals surface area contributed by atoms with Crippen LogP contribution in [0.3, 0.4) is 0 Å². The molecule has 0 aliphatic rings. The van der Waals surface area contributed by atoms with E-state index in [9.17, 15) is 0 Å². The molecule has 3 aromatic rings. The van der Waals surface area contributed by atoms with Crippen LogP contribution >= 0.6 is 0 Å². The lowest BCUT2D eigenvalue weighted by atomic mass is 9.87. The fraction of sp³-hybridized carbons (Fsp3) is 0.286. The van der Waals surface area contributed by atoms with Gasteiger partial charge in [0.15, 0.2) is 5.82 Å². The Morgan fingerprint density at radius 2 is 1.62 bits per heavy atom. The summed E-state index contributed by atoms with van der Waals surface area (Å²) in [6, 6.07) is 14.6. The molecule has 0 radical (unpaired) electrons. The van der Waals surface area contributed by atoms with Crippen molar-refractivity contribution in [3.05, 3.63) is 65.4 Å². The molecule has 3 rings (SSSR count). The maximum absolute atomic E-state index is 4.51. The van der Waals surface area contributed by atoms with E-state index < -0.39 is 0 Å². The van der Waals surface area contributed by atoms with Crippen LogP contribution in [0.25, 0.3) is 0 Å². The van der Waals surface area contributed by atoms with Crippen molar-refractivity contribution in [1.29, 1.82) is 0 Å². The summed E-state index contributed by atoms with van der Waals surface area (Å²) in [5.74, 6) is 1.12. The number of anilines is 4. The van der Waals surface area contributed by atoms with Gasteiger partial charge >= 0.3 is 0 Å². The van der Waals surface area contributed by atoms with Gasteiger partial charge in [-0.15, -0.1) is 5.10 Å². The zero-order valence-electron chi connectivity index (χ0n) is 16.0. The van der Waals surface area contributed by atoms with Crippen molar-refractivity contribution in [2.45, 2.75) is 40.0 Å². The number of rotatable bonds is 4. The Morgan fingerprint density at radius 3 is 2.31 bits per heavy atom. The molecule has 2 N–H and O–H groups in total. The highest BCUT2D eigenvalue weighted by atomic mass is 15.3. The molecular formula is C21H25N5. The molecule has 134 valence electrons. The Kier molecular flexibility index (Phi) is 4.89. The van der Waals surface area contributed by atoms with Crippen molar-refractivity contribution in [1.82, 2.24) is 15.2 Å². The van der Waals surface area contributed by atoms with Crippen molar-refractivity contribution in [2.24, 2.45) is 0 Å². The normalized spacial score (nSPS) is 11.3. The molecule has 0 bridgehead atoms. The average Bonchev–Trinajstić information content (AvgIpc) is 2.58. The molecule has 0 aliphatic heterocycles. The highest BCUT2D eigenvalue weighted by Crippen LogP contribution is 2.25. The van der Waals surface area contributed by atoms with Crippen LogP contribution in [0.4, 0.5) is 23.1 Å². The zero-order valence-corrected chi connectivity index (χ0v) is 16.0. The lowest BCUT2D eigenvalue weighted by Gasteiger charge is -2.19. The topological polar surface area (TPSA) is 62.7 Å². The second kappa shape index (κ2) is 7.12. The van der Waals surface area contributed by atoms with Crippen LogP contribution in [0.15, 0.2) is 48.7 Å². The molecule has 5 heteroatoms. The first-order chi connectivity index (χ1) is 12.3. The summed E-state index contributed by atoms with van der Waals surface area (Å²) in [6.07, 6.45) is 1.62. The molecule has 0 saturated carbocycles. The van der Waals surface area contributed by atoms with Crippen molar-refractivity contribution in [3.8, 4) is 0 Å². The second-order valence-electron chi connectivity index (χ2n) is 7.56. The standard InChI is InChI=1S/C21H25N5/c1-14-6-7-15(2)18(12-14)24-20-25-19(13-22-26-20)23-17-10-8-16(9-11-17)21(3,4)5/h6-13H,1-5H3,(H2,23,24,25,26). The van der Waals surface area contributed by atoms with E-state index in [1.807, 2.05) is 6.92 Å². The zero-order chi connectivity index (χ0) is 18.7. The molecular weight excluding hydrogens is 322 g/mol. The number of hydrogen-bond acceptors (Lipinski definition) is 5. The van der Waals surface area contributed by atoms with Gasteiger partial charge in [0.1, 0.15) is 0 Å². The van der Waals surface area contributed by atoms with Crippen molar-refractivity contribution < 1.29 is 0 Å². The highest BCUT2D eigenvalue weighted by molar-refractivity contribution is 5.61. The molecule has 0 unspecified atom stereocenters. The fourth-order valence-corrected chi connectivity index (χ4v) is 2.61. The van der Waals surface area contributed by atoms with Crippen LogP contribution in [-0.2, 0) is 5.41 Å². The molecule has 1 heterocycles.